The highest BCUT2D eigenvalue weighted by Gasteiger charge is 2.28. The van der Waals surface area contributed by atoms with Crippen LogP contribution in [0.4, 0.5) is 4.39 Å². The van der Waals surface area contributed by atoms with Crippen molar-refractivity contribution in [1.29, 1.82) is 0 Å². The minimum Gasteiger partial charge on any atom is -0.392 e. The lowest BCUT2D eigenvalue weighted by molar-refractivity contribution is 0.0729. The topological polar surface area (TPSA) is 66.8 Å². The largest absolute Gasteiger partial charge is 0.392 e. The lowest BCUT2D eigenvalue weighted by atomic mass is 10.2. The SMILES string of the molecule is O=S(=O)(c1ccc(CO)cc1F)N1CCOCC1. The molecule has 1 heterocycles. The van der Waals surface area contributed by atoms with Crippen LogP contribution in [0, 0.1) is 5.82 Å². The second-order valence-corrected chi connectivity index (χ2v) is 5.85. The van der Waals surface area contributed by atoms with Crippen LogP contribution in [0.25, 0.3) is 0 Å². The molecule has 0 radical (unpaired) electrons. The molecule has 1 aromatic rings. The first-order valence-corrected chi connectivity index (χ1v) is 6.97. The maximum Gasteiger partial charge on any atom is 0.246 e. The van der Waals surface area contributed by atoms with E-state index in [1.807, 2.05) is 0 Å². The Kier molecular flexibility index (Phi) is 3.96. The number of benzene rings is 1. The Morgan fingerprint density at radius 1 is 1.33 bits per heavy atom. The van der Waals surface area contributed by atoms with E-state index in [9.17, 15) is 12.8 Å². The van der Waals surface area contributed by atoms with Crippen LogP contribution in [-0.2, 0) is 21.4 Å². The van der Waals surface area contributed by atoms with Gasteiger partial charge in [-0.15, -0.1) is 0 Å². The van der Waals surface area contributed by atoms with Gasteiger partial charge in [0.05, 0.1) is 19.8 Å². The molecule has 0 amide bonds. The average Bonchev–Trinajstić information content (AvgIpc) is 2.39. The lowest BCUT2D eigenvalue weighted by Gasteiger charge is -2.26. The van der Waals surface area contributed by atoms with Crippen molar-refractivity contribution < 1.29 is 22.7 Å². The van der Waals surface area contributed by atoms with E-state index in [1.54, 1.807) is 0 Å². The van der Waals surface area contributed by atoms with E-state index in [0.717, 1.165) is 6.07 Å². The molecule has 0 aliphatic carbocycles. The summed E-state index contributed by atoms with van der Waals surface area (Å²) in [6.07, 6.45) is 0. The fraction of sp³-hybridized carbons (Fsp3) is 0.455. The zero-order valence-electron chi connectivity index (χ0n) is 9.67. The Bertz CT molecular complexity index is 526. The molecule has 7 heteroatoms. The molecule has 1 fully saturated rings. The number of nitrogens with zero attached hydrogens (tertiary/aromatic N) is 1. The minimum atomic E-state index is -3.82. The third kappa shape index (κ3) is 2.54. The molecule has 100 valence electrons. The predicted molar refractivity (Wildman–Crippen MR) is 61.9 cm³/mol. The van der Waals surface area contributed by atoms with Gasteiger partial charge in [0.1, 0.15) is 10.7 Å². The zero-order valence-corrected chi connectivity index (χ0v) is 10.5. The van der Waals surface area contributed by atoms with Crippen molar-refractivity contribution in [3.63, 3.8) is 0 Å². The summed E-state index contributed by atoms with van der Waals surface area (Å²) in [7, 11) is -3.82. The smallest absolute Gasteiger partial charge is 0.246 e. The first-order valence-electron chi connectivity index (χ1n) is 5.53. The van der Waals surface area contributed by atoms with Gasteiger partial charge in [-0.25, -0.2) is 12.8 Å². The van der Waals surface area contributed by atoms with Gasteiger partial charge in [-0.1, -0.05) is 6.07 Å². The van der Waals surface area contributed by atoms with Gasteiger partial charge in [-0.05, 0) is 17.7 Å². The number of hydrogen-bond acceptors (Lipinski definition) is 4. The summed E-state index contributed by atoms with van der Waals surface area (Å²) < 4.78 is 44.4. The van der Waals surface area contributed by atoms with Gasteiger partial charge in [-0.2, -0.15) is 4.31 Å². The van der Waals surface area contributed by atoms with Crippen molar-refractivity contribution in [1.82, 2.24) is 4.31 Å². The molecule has 1 aliphatic rings. The normalized spacial score (nSPS) is 17.9. The molecular weight excluding hydrogens is 261 g/mol. The van der Waals surface area contributed by atoms with Gasteiger partial charge in [0, 0.05) is 13.1 Å². The Hall–Kier alpha value is -1.02. The van der Waals surface area contributed by atoms with E-state index in [0.29, 0.717) is 18.8 Å². The minimum absolute atomic E-state index is 0.226. The van der Waals surface area contributed by atoms with Crippen molar-refractivity contribution in [2.45, 2.75) is 11.5 Å². The van der Waals surface area contributed by atoms with Crippen LogP contribution >= 0.6 is 0 Å². The monoisotopic (exact) mass is 275 g/mol. The third-order valence-corrected chi connectivity index (χ3v) is 4.70. The summed E-state index contributed by atoms with van der Waals surface area (Å²) in [5, 5.41) is 8.86. The van der Waals surface area contributed by atoms with Gasteiger partial charge < -0.3 is 9.84 Å². The first-order chi connectivity index (χ1) is 8.55. The molecule has 0 spiro atoms. The fourth-order valence-electron chi connectivity index (χ4n) is 1.78. The number of rotatable bonds is 3. The van der Waals surface area contributed by atoms with Crippen molar-refractivity contribution in [2.75, 3.05) is 26.3 Å². The molecule has 1 N–H and O–H groups in total. The van der Waals surface area contributed by atoms with Crippen LogP contribution < -0.4 is 0 Å². The zero-order chi connectivity index (χ0) is 13.2. The van der Waals surface area contributed by atoms with Gasteiger partial charge >= 0.3 is 0 Å². The summed E-state index contributed by atoms with van der Waals surface area (Å²) >= 11 is 0. The predicted octanol–water partition coefficient (Wildman–Crippen LogP) is 0.339. The summed E-state index contributed by atoms with van der Waals surface area (Å²) in [5.41, 5.74) is 0.341. The van der Waals surface area contributed by atoms with E-state index < -0.39 is 15.8 Å². The molecule has 1 aromatic carbocycles. The molecule has 5 nitrogen and oxygen atoms in total. The van der Waals surface area contributed by atoms with Gasteiger partial charge in [0.15, 0.2) is 0 Å². The number of ether oxygens (including phenoxy) is 1. The van der Waals surface area contributed by atoms with E-state index in [4.69, 9.17) is 9.84 Å². The highest BCUT2D eigenvalue weighted by atomic mass is 32.2. The van der Waals surface area contributed by atoms with Gasteiger partial charge in [-0.3, -0.25) is 0 Å². The maximum absolute atomic E-state index is 13.7. The number of aliphatic hydroxyl groups is 1. The number of sulfonamides is 1. The van der Waals surface area contributed by atoms with Crippen molar-refractivity contribution in [3.8, 4) is 0 Å². The van der Waals surface area contributed by atoms with Crippen molar-refractivity contribution in [3.05, 3.63) is 29.6 Å². The summed E-state index contributed by atoms with van der Waals surface area (Å²) in [6, 6.07) is 3.62. The Morgan fingerprint density at radius 3 is 2.56 bits per heavy atom. The van der Waals surface area contributed by atoms with Crippen LogP contribution in [0.3, 0.4) is 0 Å². The summed E-state index contributed by atoms with van der Waals surface area (Å²) in [4.78, 5) is -0.360. The van der Waals surface area contributed by atoms with Gasteiger partial charge in [0.2, 0.25) is 10.0 Å². The molecule has 1 saturated heterocycles. The summed E-state index contributed by atoms with van der Waals surface area (Å²) in [6.45, 7) is 0.757. The molecule has 0 bridgehead atoms. The van der Waals surface area contributed by atoms with Crippen LogP contribution in [0.2, 0.25) is 0 Å². The molecule has 1 aliphatic heterocycles. The molecule has 0 saturated carbocycles. The molecule has 2 rings (SSSR count). The highest BCUT2D eigenvalue weighted by Crippen LogP contribution is 2.21. The van der Waals surface area contributed by atoms with E-state index in [-0.39, 0.29) is 24.6 Å². The number of hydrogen-bond donors (Lipinski definition) is 1. The first kappa shape index (κ1) is 13.4. The third-order valence-electron chi connectivity index (χ3n) is 2.77. The maximum atomic E-state index is 13.7. The standard InChI is InChI=1S/C11H14FNO4S/c12-10-7-9(8-14)1-2-11(10)18(15,16)13-3-5-17-6-4-13/h1-2,7,14H,3-6,8H2. The molecule has 0 atom stereocenters. The lowest BCUT2D eigenvalue weighted by Crippen LogP contribution is -2.40. The molecule has 0 unspecified atom stereocenters. The van der Waals surface area contributed by atoms with Crippen LogP contribution in [0.1, 0.15) is 5.56 Å². The van der Waals surface area contributed by atoms with E-state index >= 15 is 0 Å². The molecule has 18 heavy (non-hydrogen) atoms. The van der Waals surface area contributed by atoms with E-state index in [1.165, 1.54) is 16.4 Å². The average molecular weight is 275 g/mol. The molecular formula is C11H14FNO4S. The second-order valence-electron chi connectivity index (χ2n) is 3.94. The number of aliphatic hydroxyl groups excluding tert-OH is 1. The van der Waals surface area contributed by atoms with Crippen LogP contribution in [0.5, 0.6) is 0 Å². The van der Waals surface area contributed by atoms with E-state index in [2.05, 4.69) is 0 Å². The Morgan fingerprint density at radius 2 is 2.00 bits per heavy atom. The number of halogens is 1. The van der Waals surface area contributed by atoms with Gasteiger partial charge in [0.25, 0.3) is 0 Å². The Balaban J connectivity index is 2.34. The van der Waals surface area contributed by atoms with Crippen LogP contribution in [-0.4, -0.2) is 44.1 Å². The van der Waals surface area contributed by atoms with Crippen LogP contribution in [0.15, 0.2) is 23.1 Å². The number of morpholine rings is 1. The molecule has 0 aromatic heterocycles. The second kappa shape index (κ2) is 5.31. The van der Waals surface area contributed by atoms with Crippen molar-refractivity contribution >= 4 is 10.0 Å². The quantitative estimate of drug-likeness (QED) is 0.864. The van der Waals surface area contributed by atoms with Crippen molar-refractivity contribution in [2.24, 2.45) is 0 Å². The summed E-state index contributed by atoms with van der Waals surface area (Å²) in [5.74, 6) is -0.840. The Labute approximate surface area is 105 Å². The highest BCUT2D eigenvalue weighted by molar-refractivity contribution is 7.89. The fourth-order valence-corrected chi connectivity index (χ4v) is 3.23.